The second-order valence-electron chi connectivity index (χ2n) is 4.11. The van der Waals surface area contributed by atoms with Crippen LogP contribution in [0.25, 0.3) is 0 Å². The molecule has 0 saturated carbocycles. The van der Waals surface area contributed by atoms with Crippen molar-refractivity contribution in [3.63, 3.8) is 0 Å². The molecule has 0 aliphatic carbocycles. The van der Waals surface area contributed by atoms with E-state index in [1.807, 2.05) is 0 Å². The van der Waals surface area contributed by atoms with Gasteiger partial charge in [-0.3, -0.25) is 4.79 Å². The maximum absolute atomic E-state index is 13.4. The van der Waals surface area contributed by atoms with Crippen LogP contribution >= 0.6 is 11.6 Å². The van der Waals surface area contributed by atoms with Crippen LogP contribution in [0.4, 0.5) is 8.78 Å². The Morgan fingerprint density at radius 3 is 2.79 bits per heavy atom. The van der Waals surface area contributed by atoms with Crippen LogP contribution in [-0.2, 0) is 16.0 Å². The van der Waals surface area contributed by atoms with Gasteiger partial charge < -0.3 is 10.1 Å². The summed E-state index contributed by atoms with van der Waals surface area (Å²) in [7, 11) is 1.52. The van der Waals surface area contributed by atoms with Gasteiger partial charge >= 0.3 is 0 Å². The van der Waals surface area contributed by atoms with E-state index in [-0.39, 0.29) is 23.9 Å². The Balaban J connectivity index is 2.58. The molecule has 0 heterocycles. The minimum absolute atomic E-state index is 0.144. The fraction of sp³-hybridized carbons (Fsp3) is 0.462. The first-order chi connectivity index (χ1) is 9.06. The van der Waals surface area contributed by atoms with Crippen molar-refractivity contribution in [1.29, 1.82) is 0 Å². The third kappa shape index (κ3) is 5.53. The fourth-order valence-electron chi connectivity index (χ4n) is 1.65. The molecule has 0 aliphatic rings. The predicted molar refractivity (Wildman–Crippen MR) is 69.2 cm³/mol. The summed E-state index contributed by atoms with van der Waals surface area (Å²) in [6.45, 7) is 0.338. The monoisotopic (exact) mass is 291 g/mol. The van der Waals surface area contributed by atoms with Gasteiger partial charge in [-0.2, -0.15) is 0 Å². The summed E-state index contributed by atoms with van der Waals surface area (Å²) < 4.78 is 31.1. The molecule has 0 spiro atoms. The normalized spacial score (nSPS) is 12.2. The van der Waals surface area contributed by atoms with Crippen molar-refractivity contribution < 1.29 is 18.3 Å². The van der Waals surface area contributed by atoms with E-state index in [9.17, 15) is 13.6 Å². The number of hydrogen-bond donors (Lipinski definition) is 1. The first kappa shape index (κ1) is 15.9. The predicted octanol–water partition coefficient (Wildman–Crippen LogP) is 2.27. The van der Waals surface area contributed by atoms with Gasteiger partial charge in [-0.05, 0) is 18.1 Å². The van der Waals surface area contributed by atoms with Gasteiger partial charge in [0.25, 0.3) is 0 Å². The SMILES string of the molecule is COCC(CCCl)NC(=O)Cc1ccc(F)cc1F. The number of halogens is 3. The number of benzene rings is 1. The number of hydrogen-bond acceptors (Lipinski definition) is 2. The zero-order chi connectivity index (χ0) is 14.3. The van der Waals surface area contributed by atoms with Crippen LogP contribution in [0.2, 0.25) is 0 Å². The van der Waals surface area contributed by atoms with E-state index >= 15 is 0 Å². The van der Waals surface area contributed by atoms with Crippen LogP contribution in [0.5, 0.6) is 0 Å². The largest absolute Gasteiger partial charge is 0.383 e. The number of methoxy groups -OCH3 is 1. The van der Waals surface area contributed by atoms with E-state index in [1.165, 1.54) is 13.2 Å². The third-order valence-corrected chi connectivity index (χ3v) is 2.77. The molecule has 106 valence electrons. The lowest BCUT2D eigenvalue weighted by Crippen LogP contribution is -2.39. The minimum atomic E-state index is -0.726. The maximum atomic E-state index is 13.4. The summed E-state index contributed by atoms with van der Waals surface area (Å²) in [5, 5.41) is 2.70. The molecule has 19 heavy (non-hydrogen) atoms. The molecule has 0 aliphatic heterocycles. The number of carbonyl (C=O) groups is 1. The van der Waals surface area contributed by atoms with Crippen molar-refractivity contribution >= 4 is 17.5 Å². The molecule has 3 nitrogen and oxygen atoms in total. The Kier molecular flexibility index (Phi) is 6.73. The molecule has 0 aromatic heterocycles. The van der Waals surface area contributed by atoms with E-state index in [0.717, 1.165) is 12.1 Å². The lowest BCUT2D eigenvalue weighted by molar-refractivity contribution is -0.121. The van der Waals surface area contributed by atoms with Crippen molar-refractivity contribution in [2.45, 2.75) is 18.9 Å². The van der Waals surface area contributed by atoms with Crippen LogP contribution < -0.4 is 5.32 Å². The first-order valence-corrected chi connectivity index (χ1v) is 6.38. The van der Waals surface area contributed by atoms with E-state index < -0.39 is 11.6 Å². The van der Waals surface area contributed by atoms with Gasteiger partial charge in [-0.15, -0.1) is 11.6 Å². The van der Waals surface area contributed by atoms with E-state index in [2.05, 4.69) is 5.32 Å². The highest BCUT2D eigenvalue weighted by Crippen LogP contribution is 2.10. The van der Waals surface area contributed by atoms with Crippen LogP contribution in [0, 0.1) is 11.6 Å². The molecule has 1 aromatic carbocycles. The number of carbonyl (C=O) groups excluding carboxylic acids is 1. The van der Waals surface area contributed by atoms with Crippen molar-refractivity contribution in [1.82, 2.24) is 5.32 Å². The van der Waals surface area contributed by atoms with Crippen LogP contribution in [0.15, 0.2) is 18.2 Å². The van der Waals surface area contributed by atoms with Crippen LogP contribution in [-0.4, -0.2) is 31.5 Å². The van der Waals surface area contributed by atoms with Gasteiger partial charge in [-0.1, -0.05) is 6.07 Å². The van der Waals surface area contributed by atoms with E-state index in [1.54, 1.807) is 0 Å². The minimum Gasteiger partial charge on any atom is -0.383 e. The summed E-state index contributed by atoms with van der Waals surface area (Å²) in [5.74, 6) is -1.35. The fourth-order valence-corrected chi connectivity index (χ4v) is 1.91. The van der Waals surface area contributed by atoms with E-state index in [0.29, 0.717) is 18.9 Å². The lowest BCUT2D eigenvalue weighted by atomic mass is 10.1. The number of nitrogens with one attached hydrogen (secondary N) is 1. The van der Waals surface area contributed by atoms with Crippen molar-refractivity contribution in [3.05, 3.63) is 35.4 Å². The Morgan fingerprint density at radius 2 is 2.21 bits per heavy atom. The second-order valence-corrected chi connectivity index (χ2v) is 4.49. The molecule has 0 bridgehead atoms. The Morgan fingerprint density at radius 1 is 1.47 bits per heavy atom. The molecule has 6 heteroatoms. The summed E-state index contributed by atoms with van der Waals surface area (Å²) >= 11 is 5.61. The smallest absolute Gasteiger partial charge is 0.224 e. The Labute approximate surface area is 115 Å². The van der Waals surface area contributed by atoms with Gasteiger partial charge in [0.05, 0.1) is 19.1 Å². The molecular formula is C13H16ClF2NO2. The van der Waals surface area contributed by atoms with Gasteiger partial charge in [-0.25, -0.2) is 8.78 Å². The number of ether oxygens (including phenoxy) is 1. The topological polar surface area (TPSA) is 38.3 Å². The maximum Gasteiger partial charge on any atom is 0.224 e. The average Bonchev–Trinajstić information content (AvgIpc) is 2.33. The molecule has 1 unspecified atom stereocenters. The molecule has 1 N–H and O–H groups in total. The quantitative estimate of drug-likeness (QED) is 0.783. The molecular weight excluding hydrogens is 276 g/mol. The molecule has 1 aromatic rings. The molecule has 0 saturated heterocycles. The molecule has 1 atom stereocenters. The summed E-state index contributed by atoms with van der Waals surface area (Å²) in [5.41, 5.74) is 0.154. The van der Waals surface area contributed by atoms with Crippen molar-refractivity contribution in [3.8, 4) is 0 Å². The number of rotatable bonds is 7. The van der Waals surface area contributed by atoms with Gasteiger partial charge in [0.15, 0.2) is 0 Å². The number of alkyl halides is 1. The summed E-state index contributed by atoms with van der Waals surface area (Å²) in [4.78, 5) is 11.7. The van der Waals surface area contributed by atoms with Gasteiger partial charge in [0, 0.05) is 19.1 Å². The zero-order valence-electron chi connectivity index (χ0n) is 10.6. The van der Waals surface area contributed by atoms with Gasteiger partial charge in [0.1, 0.15) is 11.6 Å². The molecule has 0 radical (unpaired) electrons. The standard InChI is InChI=1S/C13H16ClF2NO2/c1-19-8-11(4-5-14)17-13(18)6-9-2-3-10(15)7-12(9)16/h2-3,7,11H,4-6,8H2,1H3,(H,17,18). The summed E-state index contributed by atoms with van der Waals surface area (Å²) in [6, 6.07) is 2.93. The highest BCUT2D eigenvalue weighted by Gasteiger charge is 2.14. The van der Waals surface area contributed by atoms with E-state index in [4.69, 9.17) is 16.3 Å². The Bertz CT molecular complexity index is 423. The van der Waals surface area contributed by atoms with Crippen LogP contribution in [0.1, 0.15) is 12.0 Å². The first-order valence-electron chi connectivity index (χ1n) is 5.85. The average molecular weight is 292 g/mol. The van der Waals surface area contributed by atoms with Crippen LogP contribution in [0.3, 0.4) is 0 Å². The molecule has 1 rings (SSSR count). The number of amides is 1. The molecule has 1 amide bonds. The highest BCUT2D eigenvalue weighted by atomic mass is 35.5. The lowest BCUT2D eigenvalue weighted by Gasteiger charge is -2.16. The zero-order valence-corrected chi connectivity index (χ0v) is 11.3. The van der Waals surface area contributed by atoms with Gasteiger partial charge in [0.2, 0.25) is 5.91 Å². The Hall–Kier alpha value is -1.20. The highest BCUT2D eigenvalue weighted by molar-refractivity contribution is 6.17. The van der Waals surface area contributed by atoms with Crippen molar-refractivity contribution in [2.75, 3.05) is 19.6 Å². The van der Waals surface area contributed by atoms with Crippen molar-refractivity contribution in [2.24, 2.45) is 0 Å². The second kappa shape index (κ2) is 8.07. The summed E-state index contributed by atoms with van der Waals surface area (Å²) in [6.07, 6.45) is 0.418. The third-order valence-electron chi connectivity index (χ3n) is 2.56. The molecule has 0 fully saturated rings.